The van der Waals surface area contributed by atoms with E-state index in [-0.39, 0.29) is 5.97 Å². The summed E-state index contributed by atoms with van der Waals surface area (Å²) >= 11 is 0. The highest BCUT2D eigenvalue weighted by Gasteiger charge is 2.22. The van der Waals surface area contributed by atoms with E-state index in [9.17, 15) is 4.79 Å². The number of benzene rings is 2. The highest BCUT2D eigenvalue weighted by Crippen LogP contribution is 2.32. The number of aryl methyl sites for hydroxylation is 2. The summed E-state index contributed by atoms with van der Waals surface area (Å²) in [6.07, 6.45) is 2.20. The van der Waals surface area contributed by atoms with E-state index >= 15 is 0 Å². The standard InChI is InChI=1S/C23H27NO2/c1-16-5-6-22(15-17(16)2)18(3)24-13-11-20(12-14-24)19-7-9-21(10-8-19)23(25)26-4/h5-10,15,20H,3,11-14H2,1-2,4H3. The van der Waals surface area contributed by atoms with Crippen molar-refractivity contribution in [3.8, 4) is 0 Å². The molecule has 0 spiro atoms. The van der Waals surface area contributed by atoms with Crippen LogP contribution in [0.5, 0.6) is 0 Å². The molecule has 0 aliphatic carbocycles. The predicted octanol–water partition coefficient (Wildman–Crippen LogP) is 4.94. The molecule has 1 aliphatic rings. The molecule has 2 aromatic rings. The van der Waals surface area contributed by atoms with Crippen LogP contribution in [0.4, 0.5) is 0 Å². The molecular weight excluding hydrogens is 322 g/mol. The third kappa shape index (κ3) is 3.82. The van der Waals surface area contributed by atoms with Crippen LogP contribution in [0.2, 0.25) is 0 Å². The van der Waals surface area contributed by atoms with Crippen molar-refractivity contribution in [2.45, 2.75) is 32.6 Å². The van der Waals surface area contributed by atoms with Gasteiger partial charge in [-0.1, -0.05) is 30.8 Å². The van der Waals surface area contributed by atoms with Gasteiger partial charge in [0.05, 0.1) is 12.7 Å². The topological polar surface area (TPSA) is 29.5 Å². The molecule has 0 bridgehead atoms. The van der Waals surface area contributed by atoms with E-state index in [0.29, 0.717) is 11.5 Å². The number of methoxy groups -OCH3 is 1. The fourth-order valence-electron chi connectivity index (χ4n) is 3.60. The smallest absolute Gasteiger partial charge is 0.337 e. The molecule has 26 heavy (non-hydrogen) atoms. The van der Waals surface area contributed by atoms with Gasteiger partial charge in [-0.25, -0.2) is 4.79 Å². The zero-order valence-corrected chi connectivity index (χ0v) is 15.9. The molecule has 0 amide bonds. The zero-order valence-electron chi connectivity index (χ0n) is 15.9. The van der Waals surface area contributed by atoms with Crippen LogP contribution in [0, 0.1) is 13.8 Å². The average molecular weight is 349 g/mol. The van der Waals surface area contributed by atoms with Gasteiger partial charge in [-0.3, -0.25) is 0 Å². The van der Waals surface area contributed by atoms with Gasteiger partial charge in [0, 0.05) is 18.8 Å². The Labute approximate surface area is 156 Å². The summed E-state index contributed by atoms with van der Waals surface area (Å²) in [5.41, 5.74) is 6.87. The number of ether oxygens (including phenoxy) is 1. The number of carbonyl (C=O) groups excluding carboxylic acids is 1. The van der Waals surface area contributed by atoms with Crippen LogP contribution in [0.15, 0.2) is 49.0 Å². The lowest BCUT2D eigenvalue weighted by molar-refractivity contribution is 0.0600. The van der Waals surface area contributed by atoms with Crippen molar-refractivity contribution in [1.29, 1.82) is 0 Å². The van der Waals surface area contributed by atoms with Gasteiger partial charge in [-0.15, -0.1) is 0 Å². The SMILES string of the molecule is C=C(c1ccc(C)c(C)c1)N1CCC(c2ccc(C(=O)OC)cc2)CC1. The summed E-state index contributed by atoms with van der Waals surface area (Å²) in [6, 6.07) is 14.4. The summed E-state index contributed by atoms with van der Waals surface area (Å²) in [4.78, 5) is 14.0. The number of esters is 1. The van der Waals surface area contributed by atoms with Gasteiger partial charge in [0.2, 0.25) is 0 Å². The monoisotopic (exact) mass is 349 g/mol. The fraction of sp³-hybridized carbons (Fsp3) is 0.348. The molecule has 0 N–H and O–H groups in total. The Morgan fingerprint density at radius 3 is 2.19 bits per heavy atom. The largest absolute Gasteiger partial charge is 0.465 e. The van der Waals surface area contributed by atoms with Crippen LogP contribution in [0.3, 0.4) is 0 Å². The van der Waals surface area contributed by atoms with Crippen molar-refractivity contribution in [2.24, 2.45) is 0 Å². The molecule has 1 saturated heterocycles. The van der Waals surface area contributed by atoms with Gasteiger partial charge in [0.1, 0.15) is 0 Å². The molecule has 0 radical (unpaired) electrons. The Hall–Kier alpha value is -2.55. The Balaban J connectivity index is 1.62. The summed E-state index contributed by atoms with van der Waals surface area (Å²) in [5.74, 6) is 0.251. The lowest BCUT2D eigenvalue weighted by atomic mass is 9.88. The number of hydrogen-bond donors (Lipinski definition) is 0. The van der Waals surface area contributed by atoms with Gasteiger partial charge in [-0.2, -0.15) is 0 Å². The molecule has 3 nitrogen and oxygen atoms in total. The first-order chi connectivity index (χ1) is 12.5. The quantitative estimate of drug-likeness (QED) is 0.732. The maximum absolute atomic E-state index is 11.6. The highest BCUT2D eigenvalue weighted by atomic mass is 16.5. The molecule has 0 atom stereocenters. The molecule has 1 heterocycles. The summed E-state index contributed by atoms with van der Waals surface area (Å²) < 4.78 is 4.76. The number of piperidine rings is 1. The Kier molecular flexibility index (Phi) is 5.46. The van der Waals surface area contributed by atoms with E-state index in [1.165, 1.54) is 29.4 Å². The van der Waals surface area contributed by atoms with Crippen LogP contribution in [-0.2, 0) is 4.74 Å². The minimum absolute atomic E-state index is 0.281. The fourth-order valence-corrected chi connectivity index (χ4v) is 3.60. The van der Waals surface area contributed by atoms with Crippen molar-refractivity contribution in [3.63, 3.8) is 0 Å². The van der Waals surface area contributed by atoms with Gasteiger partial charge < -0.3 is 9.64 Å². The van der Waals surface area contributed by atoms with Gasteiger partial charge >= 0.3 is 5.97 Å². The lowest BCUT2D eigenvalue weighted by Crippen LogP contribution is -2.31. The van der Waals surface area contributed by atoms with Crippen molar-refractivity contribution in [3.05, 3.63) is 76.9 Å². The summed E-state index contributed by atoms with van der Waals surface area (Å²) in [5, 5.41) is 0. The lowest BCUT2D eigenvalue weighted by Gasteiger charge is -2.35. The first-order valence-corrected chi connectivity index (χ1v) is 9.19. The van der Waals surface area contributed by atoms with Crippen LogP contribution < -0.4 is 0 Å². The van der Waals surface area contributed by atoms with Gasteiger partial charge in [0.25, 0.3) is 0 Å². The Morgan fingerprint density at radius 1 is 1.00 bits per heavy atom. The minimum atomic E-state index is -0.281. The van der Waals surface area contributed by atoms with Gasteiger partial charge in [0.15, 0.2) is 0 Å². The normalized spacial score (nSPS) is 15.0. The molecule has 3 heteroatoms. The maximum Gasteiger partial charge on any atom is 0.337 e. The summed E-state index contributed by atoms with van der Waals surface area (Å²) in [6.45, 7) is 10.6. The van der Waals surface area contributed by atoms with Crippen LogP contribution in [0.25, 0.3) is 5.70 Å². The molecule has 1 fully saturated rings. The van der Waals surface area contributed by atoms with Crippen molar-refractivity contribution in [2.75, 3.05) is 20.2 Å². The third-order valence-corrected chi connectivity index (χ3v) is 5.52. The first-order valence-electron chi connectivity index (χ1n) is 9.19. The molecular formula is C23H27NO2. The molecule has 0 saturated carbocycles. The summed E-state index contributed by atoms with van der Waals surface area (Å²) in [7, 11) is 1.41. The number of nitrogens with zero attached hydrogens (tertiary/aromatic N) is 1. The van der Waals surface area contributed by atoms with Crippen molar-refractivity contribution < 1.29 is 9.53 Å². The zero-order chi connectivity index (χ0) is 18.7. The number of likely N-dealkylation sites (tertiary alicyclic amines) is 1. The van der Waals surface area contributed by atoms with E-state index in [1.807, 2.05) is 12.1 Å². The van der Waals surface area contributed by atoms with Crippen LogP contribution >= 0.6 is 0 Å². The second-order valence-corrected chi connectivity index (χ2v) is 7.12. The number of hydrogen-bond acceptors (Lipinski definition) is 3. The second-order valence-electron chi connectivity index (χ2n) is 7.12. The maximum atomic E-state index is 11.6. The second kappa shape index (κ2) is 7.77. The average Bonchev–Trinajstić information content (AvgIpc) is 2.69. The third-order valence-electron chi connectivity index (χ3n) is 5.52. The highest BCUT2D eigenvalue weighted by molar-refractivity contribution is 5.89. The molecule has 136 valence electrons. The van der Waals surface area contributed by atoms with Crippen LogP contribution in [0.1, 0.15) is 51.4 Å². The molecule has 2 aromatic carbocycles. The van der Waals surface area contributed by atoms with E-state index in [0.717, 1.165) is 31.6 Å². The Bertz CT molecular complexity index is 799. The first kappa shape index (κ1) is 18.2. The minimum Gasteiger partial charge on any atom is -0.465 e. The Morgan fingerprint density at radius 2 is 1.62 bits per heavy atom. The van der Waals surface area contributed by atoms with E-state index in [1.54, 1.807) is 0 Å². The molecule has 3 rings (SSSR count). The molecule has 0 aromatic heterocycles. The van der Waals surface area contributed by atoms with E-state index in [2.05, 4.69) is 55.7 Å². The van der Waals surface area contributed by atoms with Crippen molar-refractivity contribution in [1.82, 2.24) is 4.90 Å². The molecule has 0 unspecified atom stereocenters. The van der Waals surface area contributed by atoms with Crippen LogP contribution in [-0.4, -0.2) is 31.1 Å². The van der Waals surface area contributed by atoms with E-state index < -0.39 is 0 Å². The molecule has 1 aliphatic heterocycles. The van der Waals surface area contributed by atoms with Crippen molar-refractivity contribution >= 4 is 11.7 Å². The van der Waals surface area contributed by atoms with E-state index in [4.69, 9.17) is 4.74 Å². The van der Waals surface area contributed by atoms with Gasteiger partial charge in [-0.05, 0) is 73.1 Å². The predicted molar refractivity (Wildman–Crippen MR) is 106 cm³/mol. The number of carbonyl (C=O) groups is 1. The number of rotatable bonds is 4.